The van der Waals surface area contributed by atoms with Crippen molar-refractivity contribution < 1.29 is 14.0 Å². The molecular weight excluding hydrogens is 463 g/mol. The third-order valence-corrected chi connectivity index (χ3v) is 6.84. The van der Waals surface area contributed by atoms with Crippen LogP contribution >= 0.6 is 0 Å². The van der Waals surface area contributed by atoms with Crippen LogP contribution in [0.15, 0.2) is 78.9 Å². The van der Waals surface area contributed by atoms with Crippen LogP contribution in [0, 0.1) is 5.82 Å². The van der Waals surface area contributed by atoms with Crippen LogP contribution in [0.25, 0.3) is 0 Å². The standard InChI is InChI=1S/C32H39FN2O2/c1-5-24(4)34-32(37)30(21-26-11-7-6-8-12-26)35(22-28-13-9-10-14-29(28)33)31(36)20-17-25-15-18-27(19-16-25)23(2)3/h6-16,18-19,23-24,30H,5,17,20-22H2,1-4H3,(H,34,37)/t24-,30-/m0/s1. The molecule has 0 aliphatic heterocycles. The molecule has 1 N–H and O–H groups in total. The highest BCUT2D eigenvalue weighted by molar-refractivity contribution is 5.88. The second-order valence-corrected chi connectivity index (χ2v) is 10.0. The number of aryl methyl sites for hydroxylation is 1. The van der Waals surface area contributed by atoms with Crippen molar-refractivity contribution in [3.63, 3.8) is 0 Å². The van der Waals surface area contributed by atoms with Crippen molar-refractivity contribution in [1.29, 1.82) is 0 Å². The first-order chi connectivity index (χ1) is 17.8. The van der Waals surface area contributed by atoms with Crippen molar-refractivity contribution in [2.75, 3.05) is 0 Å². The van der Waals surface area contributed by atoms with Crippen LogP contribution in [0.5, 0.6) is 0 Å². The summed E-state index contributed by atoms with van der Waals surface area (Å²) in [6.07, 6.45) is 1.91. The first-order valence-corrected chi connectivity index (χ1v) is 13.2. The lowest BCUT2D eigenvalue weighted by Gasteiger charge is -2.32. The lowest BCUT2D eigenvalue weighted by molar-refractivity contribution is -0.141. The third-order valence-electron chi connectivity index (χ3n) is 6.84. The number of halogens is 1. The zero-order valence-corrected chi connectivity index (χ0v) is 22.4. The molecule has 0 saturated carbocycles. The molecule has 0 saturated heterocycles. The summed E-state index contributed by atoms with van der Waals surface area (Å²) < 4.78 is 14.7. The van der Waals surface area contributed by atoms with Crippen molar-refractivity contribution in [3.8, 4) is 0 Å². The van der Waals surface area contributed by atoms with Crippen molar-refractivity contribution in [1.82, 2.24) is 10.2 Å². The van der Waals surface area contributed by atoms with Gasteiger partial charge < -0.3 is 10.2 Å². The van der Waals surface area contributed by atoms with Gasteiger partial charge in [0.1, 0.15) is 11.9 Å². The monoisotopic (exact) mass is 502 g/mol. The van der Waals surface area contributed by atoms with Crippen LogP contribution < -0.4 is 5.32 Å². The molecule has 2 atom stereocenters. The third kappa shape index (κ3) is 8.28. The molecule has 3 aromatic rings. The van der Waals surface area contributed by atoms with E-state index in [0.717, 1.165) is 17.5 Å². The quantitative estimate of drug-likeness (QED) is 0.310. The molecule has 196 valence electrons. The molecule has 4 nitrogen and oxygen atoms in total. The predicted octanol–water partition coefficient (Wildman–Crippen LogP) is 6.44. The summed E-state index contributed by atoms with van der Waals surface area (Å²) in [6, 6.07) is 23.6. The van der Waals surface area contributed by atoms with Crippen LogP contribution in [0.2, 0.25) is 0 Å². The van der Waals surface area contributed by atoms with Gasteiger partial charge in [-0.15, -0.1) is 0 Å². The van der Waals surface area contributed by atoms with Gasteiger partial charge in [0, 0.05) is 31.0 Å². The number of nitrogens with zero attached hydrogens (tertiary/aromatic N) is 1. The lowest BCUT2D eigenvalue weighted by Crippen LogP contribution is -2.52. The van der Waals surface area contributed by atoms with Crippen LogP contribution in [0.3, 0.4) is 0 Å². The Morgan fingerprint density at radius 1 is 0.865 bits per heavy atom. The molecule has 0 aromatic heterocycles. The largest absolute Gasteiger partial charge is 0.352 e. The zero-order chi connectivity index (χ0) is 26.8. The molecular formula is C32H39FN2O2. The van der Waals surface area contributed by atoms with Crippen molar-refractivity contribution in [2.24, 2.45) is 0 Å². The summed E-state index contributed by atoms with van der Waals surface area (Å²) in [5.74, 6) is -0.333. The maximum absolute atomic E-state index is 14.7. The molecule has 0 aliphatic rings. The topological polar surface area (TPSA) is 49.4 Å². The fraction of sp³-hybridized carbons (Fsp3) is 0.375. The van der Waals surface area contributed by atoms with Gasteiger partial charge in [0.15, 0.2) is 0 Å². The molecule has 37 heavy (non-hydrogen) atoms. The van der Waals surface area contributed by atoms with Crippen molar-refractivity contribution in [3.05, 3.63) is 107 Å². The highest BCUT2D eigenvalue weighted by Crippen LogP contribution is 2.20. The number of rotatable bonds is 12. The molecule has 5 heteroatoms. The summed E-state index contributed by atoms with van der Waals surface area (Å²) >= 11 is 0. The van der Waals surface area contributed by atoms with Gasteiger partial charge in [0.25, 0.3) is 0 Å². The van der Waals surface area contributed by atoms with E-state index >= 15 is 0 Å². The van der Waals surface area contributed by atoms with E-state index in [1.54, 1.807) is 23.1 Å². The highest BCUT2D eigenvalue weighted by atomic mass is 19.1. The molecule has 2 amide bonds. The van der Waals surface area contributed by atoms with E-state index in [0.29, 0.717) is 24.3 Å². The van der Waals surface area contributed by atoms with E-state index in [1.165, 1.54) is 11.6 Å². The van der Waals surface area contributed by atoms with Gasteiger partial charge in [-0.25, -0.2) is 4.39 Å². The van der Waals surface area contributed by atoms with Gasteiger partial charge in [-0.2, -0.15) is 0 Å². The summed E-state index contributed by atoms with van der Waals surface area (Å²) in [4.78, 5) is 28.8. The number of benzene rings is 3. The van der Waals surface area contributed by atoms with Crippen LogP contribution in [-0.4, -0.2) is 28.8 Å². The van der Waals surface area contributed by atoms with Crippen molar-refractivity contribution >= 4 is 11.8 Å². The number of nitrogens with one attached hydrogen (secondary N) is 1. The van der Waals surface area contributed by atoms with E-state index in [4.69, 9.17) is 0 Å². The number of hydrogen-bond acceptors (Lipinski definition) is 2. The fourth-order valence-corrected chi connectivity index (χ4v) is 4.27. The Labute approximate surface area is 220 Å². The maximum Gasteiger partial charge on any atom is 0.243 e. The van der Waals surface area contributed by atoms with E-state index in [-0.39, 0.29) is 36.6 Å². The van der Waals surface area contributed by atoms with Gasteiger partial charge in [0.2, 0.25) is 11.8 Å². The van der Waals surface area contributed by atoms with Gasteiger partial charge in [-0.05, 0) is 48.4 Å². The highest BCUT2D eigenvalue weighted by Gasteiger charge is 2.31. The molecule has 0 heterocycles. The van der Waals surface area contributed by atoms with E-state index < -0.39 is 6.04 Å². The zero-order valence-electron chi connectivity index (χ0n) is 22.4. The maximum atomic E-state index is 14.7. The minimum atomic E-state index is -0.758. The molecule has 3 rings (SSSR count). The van der Waals surface area contributed by atoms with Gasteiger partial charge >= 0.3 is 0 Å². The van der Waals surface area contributed by atoms with E-state index in [1.807, 2.05) is 44.2 Å². The lowest BCUT2D eigenvalue weighted by atomic mass is 9.99. The number of carbonyl (C=O) groups excluding carboxylic acids is 2. The Morgan fingerprint density at radius 3 is 2.14 bits per heavy atom. The second kappa shape index (κ2) is 13.7. The summed E-state index contributed by atoms with van der Waals surface area (Å²) in [7, 11) is 0. The Morgan fingerprint density at radius 2 is 1.51 bits per heavy atom. The smallest absolute Gasteiger partial charge is 0.243 e. The first-order valence-electron chi connectivity index (χ1n) is 13.2. The summed E-state index contributed by atoms with van der Waals surface area (Å²) in [5.41, 5.74) is 3.65. The average molecular weight is 503 g/mol. The van der Waals surface area contributed by atoms with Crippen LogP contribution in [0.4, 0.5) is 4.39 Å². The number of amides is 2. The molecule has 0 bridgehead atoms. The SMILES string of the molecule is CC[C@H](C)NC(=O)[C@H](Cc1ccccc1)N(Cc1ccccc1F)C(=O)CCc1ccc(C(C)C)cc1. The molecule has 0 radical (unpaired) electrons. The fourth-order valence-electron chi connectivity index (χ4n) is 4.27. The molecule has 0 fully saturated rings. The Bertz CT molecular complexity index is 1140. The van der Waals surface area contributed by atoms with E-state index in [2.05, 4.69) is 43.4 Å². The minimum absolute atomic E-state index is 0.0310. The van der Waals surface area contributed by atoms with Crippen molar-refractivity contribution in [2.45, 2.75) is 77.9 Å². The van der Waals surface area contributed by atoms with Crippen LogP contribution in [-0.2, 0) is 29.0 Å². The average Bonchev–Trinajstić information content (AvgIpc) is 2.90. The second-order valence-electron chi connectivity index (χ2n) is 10.0. The van der Waals surface area contributed by atoms with Gasteiger partial charge in [-0.3, -0.25) is 9.59 Å². The predicted molar refractivity (Wildman–Crippen MR) is 148 cm³/mol. The Balaban J connectivity index is 1.90. The molecule has 0 spiro atoms. The summed E-state index contributed by atoms with van der Waals surface area (Å²) in [6.45, 7) is 8.28. The normalized spacial score (nSPS) is 12.7. The Kier molecular flexibility index (Phi) is 10.4. The molecule has 0 unspecified atom stereocenters. The molecule has 0 aliphatic carbocycles. The Hall–Kier alpha value is -3.47. The number of hydrogen-bond donors (Lipinski definition) is 1. The van der Waals surface area contributed by atoms with E-state index in [9.17, 15) is 14.0 Å². The van der Waals surface area contributed by atoms with Crippen LogP contribution in [0.1, 0.15) is 68.7 Å². The minimum Gasteiger partial charge on any atom is -0.352 e. The summed E-state index contributed by atoms with van der Waals surface area (Å²) in [5, 5.41) is 3.05. The molecule has 3 aromatic carbocycles. The number of carbonyl (C=O) groups is 2. The van der Waals surface area contributed by atoms with Gasteiger partial charge in [-0.1, -0.05) is 93.6 Å². The van der Waals surface area contributed by atoms with Gasteiger partial charge in [0.05, 0.1) is 0 Å². The first kappa shape index (κ1) is 28.1.